The number of piperidine rings is 1. The van der Waals surface area contributed by atoms with Gasteiger partial charge in [-0.05, 0) is 114 Å². The van der Waals surface area contributed by atoms with Crippen molar-refractivity contribution in [3.63, 3.8) is 0 Å². The zero-order chi connectivity index (χ0) is 26.4. The largest absolute Gasteiger partial charge is 0.508 e. The van der Waals surface area contributed by atoms with Gasteiger partial charge in [0.1, 0.15) is 11.3 Å². The molecule has 8 heteroatoms. The highest BCUT2D eigenvalue weighted by atomic mass is 16.3. The molecule has 2 heterocycles. The Bertz CT molecular complexity index is 1160. The van der Waals surface area contributed by atoms with Crippen LogP contribution in [0.1, 0.15) is 62.5 Å². The van der Waals surface area contributed by atoms with E-state index in [9.17, 15) is 19.8 Å². The fraction of sp³-hybridized carbons (Fsp3) is 0.733. The van der Waals surface area contributed by atoms with Crippen LogP contribution in [0.15, 0.2) is 18.2 Å². The lowest BCUT2D eigenvalue weighted by Crippen LogP contribution is -2.76. The van der Waals surface area contributed by atoms with E-state index in [2.05, 4.69) is 23.9 Å². The van der Waals surface area contributed by atoms with Crippen molar-refractivity contribution in [2.45, 2.75) is 80.4 Å². The molecule has 0 radical (unpaired) electrons. The van der Waals surface area contributed by atoms with Crippen LogP contribution in [0.5, 0.6) is 5.75 Å². The Kier molecular flexibility index (Phi) is 5.51. The first kappa shape index (κ1) is 24.9. The van der Waals surface area contributed by atoms with E-state index in [1.165, 1.54) is 0 Å². The van der Waals surface area contributed by atoms with Gasteiger partial charge in [-0.2, -0.15) is 0 Å². The average molecular weight is 523 g/mol. The van der Waals surface area contributed by atoms with Gasteiger partial charge >= 0.3 is 6.03 Å². The summed E-state index contributed by atoms with van der Waals surface area (Å²) in [6, 6.07) is 5.46. The molecule has 206 valence electrons. The standard InChI is InChI=1S/C30H42N4O4/c1-31(2)13-14-32-12-11-28-19-29(9-10-30(28,38)25(32)15-22-7-8-23(35)16-24(22)28)26(36)33(17-20-3-4-20)27(37)34(29)18-21-5-6-21/h7-8,16,20-21,25,35,38H,3-6,9-15,17-19H2,1-2H3/t25-,28-,29+,30-/m1/s1. The number of urea groups is 1. The summed E-state index contributed by atoms with van der Waals surface area (Å²) >= 11 is 0. The van der Waals surface area contributed by atoms with Crippen LogP contribution in [0, 0.1) is 11.8 Å². The van der Waals surface area contributed by atoms with Gasteiger partial charge in [0.25, 0.3) is 5.91 Å². The molecule has 0 aromatic heterocycles. The van der Waals surface area contributed by atoms with Crippen LogP contribution in [0.3, 0.4) is 0 Å². The lowest BCUT2D eigenvalue weighted by molar-refractivity contribution is -0.188. The molecular formula is C30H42N4O4. The van der Waals surface area contributed by atoms with Crippen LogP contribution >= 0.6 is 0 Å². The molecule has 0 unspecified atom stereocenters. The number of hydrogen-bond donors (Lipinski definition) is 2. The summed E-state index contributed by atoms with van der Waals surface area (Å²) in [4.78, 5) is 36.3. The molecule has 2 N–H and O–H groups in total. The Hall–Kier alpha value is -2.16. The number of rotatable bonds is 7. The van der Waals surface area contributed by atoms with Gasteiger partial charge in [0.05, 0.1) is 5.60 Å². The second-order valence-corrected chi connectivity index (χ2v) is 13.6. The molecule has 7 rings (SSSR count). The molecule has 2 aliphatic heterocycles. The van der Waals surface area contributed by atoms with Gasteiger partial charge in [-0.3, -0.25) is 14.6 Å². The summed E-state index contributed by atoms with van der Waals surface area (Å²) in [6.45, 7) is 3.82. The minimum atomic E-state index is -1.01. The number of fused-ring (bicyclic) bond motifs is 1. The summed E-state index contributed by atoms with van der Waals surface area (Å²) < 4.78 is 0. The third-order valence-corrected chi connectivity index (χ3v) is 10.9. The number of benzene rings is 1. The van der Waals surface area contributed by atoms with Crippen molar-refractivity contribution >= 4 is 11.9 Å². The number of imide groups is 1. The minimum Gasteiger partial charge on any atom is -0.508 e. The molecule has 6 aliphatic rings. The molecule has 5 fully saturated rings. The number of likely N-dealkylation sites (N-methyl/N-ethyl adjacent to an activating group) is 1. The van der Waals surface area contributed by atoms with Gasteiger partial charge in [0.15, 0.2) is 0 Å². The number of amides is 3. The second kappa shape index (κ2) is 8.42. The van der Waals surface area contributed by atoms with Crippen molar-refractivity contribution < 1.29 is 19.8 Å². The molecular weight excluding hydrogens is 480 g/mol. The van der Waals surface area contributed by atoms with E-state index in [-0.39, 0.29) is 23.7 Å². The van der Waals surface area contributed by atoms with Crippen LogP contribution in [0.4, 0.5) is 4.79 Å². The monoisotopic (exact) mass is 522 g/mol. The maximum absolute atomic E-state index is 14.3. The Morgan fingerprint density at radius 2 is 1.76 bits per heavy atom. The molecule has 1 aromatic rings. The van der Waals surface area contributed by atoms with Gasteiger partial charge < -0.3 is 20.0 Å². The van der Waals surface area contributed by atoms with E-state index < -0.39 is 16.6 Å². The van der Waals surface area contributed by atoms with Gasteiger partial charge in [0.2, 0.25) is 0 Å². The zero-order valence-corrected chi connectivity index (χ0v) is 22.9. The highest BCUT2D eigenvalue weighted by Crippen LogP contribution is 2.62. The second-order valence-electron chi connectivity index (χ2n) is 13.6. The lowest BCUT2D eigenvalue weighted by atomic mass is 9.46. The Morgan fingerprint density at radius 1 is 1.03 bits per heavy atom. The lowest BCUT2D eigenvalue weighted by Gasteiger charge is -2.66. The number of aliphatic hydroxyl groups is 1. The summed E-state index contributed by atoms with van der Waals surface area (Å²) in [6.07, 6.45) is 7.31. The Balaban J connectivity index is 1.32. The first-order valence-electron chi connectivity index (χ1n) is 14.7. The van der Waals surface area contributed by atoms with Gasteiger partial charge in [-0.1, -0.05) is 6.07 Å². The number of likely N-dealkylation sites (tertiary alicyclic amines) is 1. The number of aromatic hydroxyl groups is 1. The van der Waals surface area contributed by atoms with Crippen molar-refractivity contribution in [2.24, 2.45) is 11.8 Å². The van der Waals surface area contributed by atoms with Crippen molar-refractivity contribution in [3.05, 3.63) is 29.3 Å². The Labute approximate surface area is 225 Å². The molecule has 2 saturated heterocycles. The van der Waals surface area contributed by atoms with E-state index in [0.29, 0.717) is 50.6 Å². The highest BCUT2D eigenvalue weighted by molar-refractivity contribution is 6.07. The number of phenolic OH excluding ortho intramolecular Hbond substituents is 1. The van der Waals surface area contributed by atoms with Crippen molar-refractivity contribution in [2.75, 3.05) is 46.8 Å². The van der Waals surface area contributed by atoms with Crippen LogP contribution in [-0.4, -0.2) is 106 Å². The minimum absolute atomic E-state index is 0.0367. The molecule has 2 bridgehead atoms. The van der Waals surface area contributed by atoms with Gasteiger partial charge in [-0.15, -0.1) is 0 Å². The molecule has 1 aromatic carbocycles. The molecule has 8 nitrogen and oxygen atoms in total. The van der Waals surface area contributed by atoms with Crippen LogP contribution in [0.2, 0.25) is 0 Å². The van der Waals surface area contributed by atoms with Crippen LogP contribution in [-0.2, 0) is 16.6 Å². The topological polar surface area (TPSA) is 87.6 Å². The number of carbonyl (C=O) groups excluding carboxylic acids is 2. The van der Waals surface area contributed by atoms with Crippen molar-refractivity contribution in [3.8, 4) is 5.75 Å². The highest BCUT2D eigenvalue weighted by Gasteiger charge is 2.72. The first-order valence-corrected chi connectivity index (χ1v) is 14.7. The van der Waals surface area contributed by atoms with Gasteiger partial charge in [-0.25, -0.2) is 4.79 Å². The van der Waals surface area contributed by atoms with E-state index in [4.69, 9.17) is 0 Å². The third kappa shape index (κ3) is 3.52. The zero-order valence-electron chi connectivity index (χ0n) is 22.9. The summed E-state index contributed by atoms with van der Waals surface area (Å²) in [7, 11) is 4.16. The summed E-state index contributed by atoms with van der Waals surface area (Å²) in [5.74, 6) is 1.08. The average Bonchev–Trinajstić information content (AvgIpc) is 3.80. The fourth-order valence-electron chi connectivity index (χ4n) is 8.44. The predicted octanol–water partition coefficient (Wildman–Crippen LogP) is 2.56. The molecule has 4 atom stereocenters. The Morgan fingerprint density at radius 3 is 2.47 bits per heavy atom. The number of hydrogen-bond acceptors (Lipinski definition) is 6. The van der Waals surface area contributed by atoms with Crippen molar-refractivity contribution in [1.82, 2.24) is 19.6 Å². The normalized spacial score (nSPS) is 36.8. The molecule has 38 heavy (non-hydrogen) atoms. The quantitative estimate of drug-likeness (QED) is 0.536. The van der Waals surface area contributed by atoms with E-state index in [1.807, 2.05) is 17.0 Å². The molecule has 3 amide bonds. The molecule has 4 aliphatic carbocycles. The van der Waals surface area contributed by atoms with E-state index in [0.717, 1.165) is 62.9 Å². The van der Waals surface area contributed by atoms with Crippen LogP contribution < -0.4 is 0 Å². The summed E-state index contributed by atoms with van der Waals surface area (Å²) in [5, 5.41) is 23.4. The maximum atomic E-state index is 14.3. The third-order valence-electron chi connectivity index (χ3n) is 10.9. The first-order chi connectivity index (χ1) is 18.2. The van der Waals surface area contributed by atoms with Gasteiger partial charge in [0, 0.05) is 37.6 Å². The smallest absolute Gasteiger partial charge is 0.327 e. The SMILES string of the molecule is CN(C)CCN1CC[C@]23C[C@@]4(CC[C@@]2(O)[C@H]1Cc1ccc(O)cc13)C(=O)N(CC1CC1)C(=O)N4CC1CC1. The molecule has 1 spiro atoms. The van der Waals surface area contributed by atoms with E-state index >= 15 is 0 Å². The van der Waals surface area contributed by atoms with Crippen molar-refractivity contribution in [1.29, 1.82) is 0 Å². The number of carbonyl (C=O) groups is 2. The van der Waals surface area contributed by atoms with E-state index in [1.54, 1.807) is 11.0 Å². The molecule has 3 saturated carbocycles. The fourth-order valence-corrected chi connectivity index (χ4v) is 8.44. The van der Waals surface area contributed by atoms with Crippen LogP contribution in [0.25, 0.3) is 0 Å². The predicted molar refractivity (Wildman–Crippen MR) is 143 cm³/mol. The number of nitrogens with zero attached hydrogens (tertiary/aromatic N) is 4. The maximum Gasteiger partial charge on any atom is 0.327 e. The summed E-state index contributed by atoms with van der Waals surface area (Å²) in [5.41, 5.74) is -0.442. The number of phenols is 1.